The number of ether oxygens (including phenoxy) is 1. The van der Waals surface area contributed by atoms with Gasteiger partial charge >= 0.3 is 0 Å². The summed E-state index contributed by atoms with van der Waals surface area (Å²) in [6, 6.07) is 0.146. The van der Waals surface area contributed by atoms with Crippen molar-refractivity contribution in [3.05, 3.63) is 29.3 Å². The van der Waals surface area contributed by atoms with E-state index in [1.54, 1.807) is 0 Å². The Hall–Kier alpha value is -1.30. The minimum absolute atomic E-state index is 0.0727. The molecule has 0 saturated heterocycles. The van der Waals surface area contributed by atoms with Gasteiger partial charge in [0.1, 0.15) is 6.61 Å². The average Bonchev–Trinajstić information content (AvgIpc) is 2.30. The third kappa shape index (κ3) is 3.59. The maximum atomic E-state index is 13.1. The predicted molar refractivity (Wildman–Crippen MR) is 54.9 cm³/mol. The summed E-state index contributed by atoms with van der Waals surface area (Å²) in [7, 11) is 0. The van der Waals surface area contributed by atoms with Crippen molar-refractivity contribution in [1.29, 1.82) is 0 Å². The summed E-state index contributed by atoms with van der Waals surface area (Å²) >= 11 is 0. The van der Waals surface area contributed by atoms with Crippen LogP contribution < -0.4 is 10.1 Å². The van der Waals surface area contributed by atoms with E-state index in [0.717, 1.165) is 13.0 Å². The summed E-state index contributed by atoms with van der Waals surface area (Å²) in [5.74, 6) is -6.99. The second-order valence-electron chi connectivity index (χ2n) is 3.40. The van der Waals surface area contributed by atoms with Gasteiger partial charge in [-0.25, -0.2) is 8.78 Å². The molecule has 1 rings (SSSR count). The van der Waals surface area contributed by atoms with Gasteiger partial charge in [0.15, 0.2) is 17.4 Å². The molecule has 0 aromatic heterocycles. The van der Waals surface area contributed by atoms with Crippen molar-refractivity contribution >= 4 is 0 Å². The fraction of sp³-hybridized carbons (Fsp3) is 0.455. The van der Waals surface area contributed by atoms with E-state index in [9.17, 15) is 17.6 Å². The first-order valence-corrected chi connectivity index (χ1v) is 5.24. The number of benzene rings is 1. The molecule has 0 aliphatic rings. The zero-order chi connectivity index (χ0) is 12.8. The highest BCUT2D eigenvalue weighted by Gasteiger charge is 2.20. The van der Waals surface area contributed by atoms with Crippen molar-refractivity contribution in [2.45, 2.75) is 13.3 Å². The van der Waals surface area contributed by atoms with E-state index in [-0.39, 0.29) is 12.7 Å². The maximum Gasteiger partial charge on any atom is 0.203 e. The number of halogens is 4. The molecule has 1 N–H and O–H groups in total. The zero-order valence-corrected chi connectivity index (χ0v) is 9.33. The van der Waals surface area contributed by atoms with E-state index >= 15 is 0 Å². The molecule has 0 saturated carbocycles. The molecule has 17 heavy (non-hydrogen) atoms. The molecule has 0 bridgehead atoms. The first-order chi connectivity index (χ1) is 8.07. The molecular weight excluding hydrogens is 238 g/mol. The molecule has 6 heteroatoms. The van der Waals surface area contributed by atoms with Crippen molar-refractivity contribution < 1.29 is 22.3 Å². The monoisotopic (exact) mass is 251 g/mol. The molecule has 1 aromatic carbocycles. The minimum atomic E-state index is -1.51. The smallest absolute Gasteiger partial charge is 0.203 e. The fourth-order valence-electron chi connectivity index (χ4n) is 1.21. The number of hydrogen-bond donors (Lipinski definition) is 1. The first kappa shape index (κ1) is 13.8. The van der Waals surface area contributed by atoms with E-state index in [1.807, 2.05) is 6.92 Å². The molecule has 0 unspecified atom stereocenters. The standard InChI is InChI=1S/C11H13F4NO/c1-2-3-16-4-5-17-11-9(14)7(12)6-8(13)10(11)15/h6,16H,2-5H2,1H3. The lowest BCUT2D eigenvalue weighted by atomic mass is 10.3. The van der Waals surface area contributed by atoms with E-state index in [0.29, 0.717) is 6.54 Å². The van der Waals surface area contributed by atoms with Crippen molar-refractivity contribution in [2.24, 2.45) is 0 Å². The van der Waals surface area contributed by atoms with E-state index < -0.39 is 29.0 Å². The van der Waals surface area contributed by atoms with Gasteiger partial charge in [0, 0.05) is 12.6 Å². The SMILES string of the molecule is CCCNCCOc1c(F)c(F)cc(F)c1F. The second kappa shape index (κ2) is 6.44. The number of nitrogens with one attached hydrogen (secondary N) is 1. The van der Waals surface area contributed by atoms with Gasteiger partial charge in [0.25, 0.3) is 0 Å². The Bertz CT molecular complexity index is 358. The van der Waals surface area contributed by atoms with Gasteiger partial charge in [-0.15, -0.1) is 0 Å². The minimum Gasteiger partial charge on any atom is -0.486 e. The largest absolute Gasteiger partial charge is 0.486 e. The summed E-state index contributed by atoms with van der Waals surface area (Å²) in [4.78, 5) is 0. The summed E-state index contributed by atoms with van der Waals surface area (Å²) in [5.41, 5.74) is 0. The molecule has 0 amide bonds. The molecule has 0 heterocycles. The maximum absolute atomic E-state index is 13.1. The number of rotatable bonds is 6. The predicted octanol–water partition coefficient (Wildman–Crippen LogP) is 2.62. The fourth-order valence-corrected chi connectivity index (χ4v) is 1.21. The zero-order valence-electron chi connectivity index (χ0n) is 9.33. The van der Waals surface area contributed by atoms with Gasteiger partial charge < -0.3 is 10.1 Å². The lowest BCUT2D eigenvalue weighted by Gasteiger charge is -2.09. The second-order valence-corrected chi connectivity index (χ2v) is 3.40. The highest BCUT2D eigenvalue weighted by molar-refractivity contribution is 5.28. The molecule has 0 aliphatic carbocycles. The molecule has 1 aromatic rings. The van der Waals surface area contributed by atoms with Crippen LogP contribution in [0.1, 0.15) is 13.3 Å². The Morgan fingerprint density at radius 2 is 1.65 bits per heavy atom. The van der Waals surface area contributed by atoms with Gasteiger partial charge in [-0.2, -0.15) is 8.78 Å². The lowest BCUT2D eigenvalue weighted by molar-refractivity contribution is 0.270. The third-order valence-corrected chi connectivity index (χ3v) is 2.02. The third-order valence-electron chi connectivity index (χ3n) is 2.02. The van der Waals surface area contributed by atoms with Crippen molar-refractivity contribution in [1.82, 2.24) is 5.32 Å². The van der Waals surface area contributed by atoms with E-state index in [1.165, 1.54) is 0 Å². The lowest BCUT2D eigenvalue weighted by Crippen LogP contribution is -2.22. The summed E-state index contributed by atoms with van der Waals surface area (Å²) in [5, 5.41) is 2.92. The van der Waals surface area contributed by atoms with Crippen molar-refractivity contribution in [3.63, 3.8) is 0 Å². The normalized spacial score (nSPS) is 10.6. The topological polar surface area (TPSA) is 21.3 Å². The Kier molecular flexibility index (Phi) is 5.21. The van der Waals surface area contributed by atoms with Gasteiger partial charge in [0.05, 0.1) is 0 Å². The van der Waals surface area contributed by atoms with Gasteiger partial charge in [-0.05, 0) is 13.0 Å². The molecule has 0 aliphatic heterocycles. The Balaban J connectivity index is 2.64. The van der Waals surface area contributed by atoms with Crippen LogP contribution in [0.15, 0.2) is 6.07 Å². The van der Waals surface area contributed by atoms with Crippen LogP contribution in [0, 0.1) is 23.3 Å². The summed E-state index contributed by atoms with van der Waals surface area (Å²) < 4.78 is 56.4. The van der Waals surface area contributed by atoms with E-state index in [4.69, 9.17) is 0 Å². The van der Waals surface area contributed by atoms with Crippen molar-refractivity contribution in [3.8, 4) is 5.75 Å². The molecule has 0 fully saturated rings. The van der Waals surface area contributed by atoms with Crippen LogP contribution >= 0.6 is 0 Å². The molecular formula is C11H13F4NO. The molecule has 0 atom stereocenters. The summed E-state index contributed by atoms with van der Waals surface area (Å²) in [6.45, 7) is 2.95. The molecule has 0 spiro atoms. The number of hydrogen-bond acceptors (Lipinski definition) is 2. The van der Waals surface area contributed by atoms with E-state index in [2.05, 4.69) is 10.1 Å². The molecule has 2 nitrogen and oxygen atoms in total. The molecule has 0 radical (unpaired) electrons. The average molecular weight is 251 g/mol. The van der Waals surface area contributed by atoms with Crippen molar-refractivity contribution in [2.75, 3.05) is 19.7 Å². The van der Waals surface area contributed by atoms with Crippen LogP contribution in [0.4, 0.5) is 17.6 Å². The van der Waals surface area contributed by atoms with Crippen LogP contribution in [0.3, 0.4) is 0 Å². The van der Waals surface area contributed by atoms with Crippen LogP contribution in [0.2, 0.25) is 0 Å². The van der Waals surface area contributed by atoms with Crippen LogP contribution in [-0.2, 0) is 0 Å². The Morgan fingerprint density at radius 1 is 1.06 bits per heavy atom. The van der Waals surface area contributed by atoms with Gasteiger partial charge in [-0.3, -0.25) is 0 Å². The highest BCUT2D eigenvalue weighted by atomic mass is 19.2. The van der Waals surface area contributed by atoms with Crippen LogP contribution in [0.5, 0.6) is 5.75 Å². The summed E-state index contributed by atoms with van der Waals surface area (Å²) in [6.07, 6.45) is 0.900. The molecule has 96 valence electrons. The van der Waals surface area contributed by atoms with Crippen LogP contribution in [0.25, 0.3) is 0 Å². The quantitative estimate of drug-likeness (QED) is 0.476. The van der Waals surface area contributed by atoms with Gasteiger partial charge in [-0.1, -0.05) is 6.92 Å². The highest BCUT2D eigenvalue weighted by Crippen LogP contribution is 2.26. The Morgan fingerprint density at radius 3 is 2.18 bits per heavy atom. The Labute approximate surface area is 96.6 Å². The van der Waals surface area contributed by atoms with Gasteiger partial charge in [0.2, 0.25) is 11.6 Å². The first-order valence-electron chi connectivity index (χ1n) is 5.24. The van der Waals surface area contributed by atoms with Crippen LogP contribution in [-0.4, -0.2) is 19.7 Å².